The van der Waals surface area contributed by atoms with Crippen LogP contribution in [-0.4, -0.2) is 49.6 Å². The minimum atomic E-state index is -0.788. The van der Waals surface area contributed by atoms with Crippen LogP contribution in [0.1, 0.15) is 28.3 Å². The Morgan fingerprint density at radius 2 is 1.61 bits per heavy atom. The Kier molecular flexibility index (Phi) is 7.29. The molecule has 3 aromatic rings. The van der Waals surface area contributed by atoms with E-state index in [1.54, 1.807) is 44.6 Å². The number of aliphatic hydroxyl groups is 1. The molecule has 0 saturated carbocycles. The van der Waals surface area contributed by atoms with Gasteiger partial charge in [0.05, 0.1) is 38.5 Å². The van der Waals surface area contributed by atoms with Gasteiger partial charge < -0.3 is 24.2 Å². The Hall–Kier alpha value is -4.26. The lowest BCUT2D eigenvalue weighted by Crippen LogP contribution is -2.31. The van der Waals surface area contributed by atoms with E-state index in [9.17, 15) is 14.7 Å². The van der Waals surface area contributed by atoms with Crippen molar-refractivity contribution in [3.63, 3.8) is 0 Å². The third kappa shape index (κ3) is 4.77. The van der Waals surface area contributed by atoms with Crippen molar-refractivity contribution in [2.45, 2.75) is 19.4 Å². The number of ether oxygens (including phenoxy) is 3. The zero-order chi connectivity index (χ0) is 25.8. The van der Waals surface area contributed by atoms with Crippen LogP contribution in [0.5, 0.6) is 17.2 Å². The molecule has 1 aliphatic heterocycles. The molecule has 1 aliphatic rings. The maximum Gasteiger partial charge on any atom is 0.295 e. The molecule has 1 atom stereocenters. The second-order valence-electron chi connectivity index (χ2n) is 8.57. The monoisotopic (exact) mass is 487 g/mol. The molecule has 1 unspecified atom stereocenters. The lowest BCUT2D eigenvalue weighted by molar-refractivity contribution is -0.139. The third-order valence-corrected chi connectivity index (χ3v) is 6.36. The number of ketones is 1. The van der Waals surface area contributed by atoms with Crippen molar-refractivity contribution in [1.29, 1.82) is 0 Å². The molecule has 0 bridgehead atoms. The normalized spacial score (nSPS) is 16.8. The van der Waals surface area contributed by atoms with E-state index in [2.05, 4.69) is 0 Å². The molecule has 1 saturated heterocycles. The number of methoxy groups -OCH3 is 3. The molecule has 1 N–H and O–H groups in total. The summed E-state index contributed by atoms with van der Waals surface area (Å²) in [5.74, 6) is 0.0627. The fraction of sp³-hybridized carbons (Fsp3) is 0.241. The highest BCUT2D eigenvalue weighted by Gasteiger charge is 2.46. The average molecular weight is 488 g/mol. The Labute approximate surface area is 210 Å². The van der Waals surface area contributed by atoms with Crippen molar-refractivity contribution in [3.8, 4) is 17.2 Å². The number of hydrogen-bond donors (Lipinski definition) is 1. The van der Waals surface area contributed by atoms with Gasteiger partial charge in [-0.2, -0.15) is 0 Å². The zero-order valence-corrected chi connectivity index (χ0v) is 20.8. The van der Waals surface area contributed by atoms with Gasteiger partial charge in [0, 0.05) is 6.54 Å². The SMILES string of the molecule is COc1ccc(CCN2C(=O)C(=O)/C(=C(/O)c3cc(C)ccc3OC)C2c2cccc(OC)c2)cc1. The summed E-state index contributed by atoms with van der Waals surface area (Å²) >= 11 is 0. The number of carbonyl (C=O) groups is 2. The summed E-state index contributed by atoms with van der Waals surface area (Å²) in [5.41, 5.74) is 2.91. The maximum atomic E-state index is 13.4. The van der Waals surface area contributed by atoms with Gasteiger partial charge in [0.25, 0.3) is 11.7 Å². The molecule has 3 aromatic carbocycles. The summed E-state index contributed by atoms with van der Waals surface area (Å²) in [5, 5.41) is 11.4. The Morgan fingerprint density at radius 1 is 0.889 bits per heavy atom. The average Bonchev–Trinajstić information content (AvgIpc) is 3.16. The van der Waals surface area contributed by atoms with Crippen LogP contribution in [0.4, 0.5) is 0 Å². The largest absolute Gasteiger partial charge is 0.507 e. The molecule has 1 amide bonds. The van der Waals surface area contributed by atoms with E-state index in [1.165, 1.54) is 12.0 Å². The smallest absolute Gasteiger partial charge is 0.295 e. The molecule has 7 heteroatoms. The van der Waals surface area contributed by atoms with Crippen molar-refractivity contribution in [3.05, 3.63) is 94.6 Å². The number of hydrogen-bond acceptors (Lipinski definition) is 6. The van der Waals surface area contributed by atoms with Crippen LogP contribution < -0.4 is 14.2 Å². The van der Waals surface area contributed by atoms with Crippen LogP contribution >= 0.6 is 0 Å². The van der Waals surface area contributed by atoms with E-state index in [0.29, 0.717) is 29.0 Å². The number of amides is 1. The molecule has 1 heterocycles. The summed E-state index contributed by atoms with van der Waals surface area (Å²) in [6, 6.07) is 19.3. The molecule has 1 fully saturated rings. The fourth-order valence-electron chi connectivity index (χ4n) is 4.46. The molecule has 36 heavy (non-hydrogen) atoms. The first-order valence-electron chi connectivity index (χ1n) is 11.6. The molecular weight excluding hydrogens is 458 g/mol. The van der Waals surface area contributed by atoms with Crippen molar-refractivity contribution in [2.24, 2.45) is 0 Å². The van der Waals surface area contributed by atoms with Gasteiger partial charge in [-0.1, -0.05) is 35.9 Å². The van der Waals surface area contributed by atoms with E-state index in [-0.39, 0.29) is 17.9 Å². The number of Topliss-reactive ketones (excluding diaryl/α,β-unsaturated/α-hetero) is 1. The first kappa shape index (κ1) is 24.9. The van der Waals surface area contributed by atoms with E-state index >= 15 is 0 Å². The van der Waals surface area contributed by atoms with Crippen molar-refractivity contribution in [2.75, 3.05) is 27.9 Å². The molecule has 4 rings (SSSR count). The number of likely N-dealkylation sites (tertiary alicyclic amines) is 1. The van der Waals surface area contributed by atoms with Gasteiger partial charge in [0.2, 0.25) is 0 Å². The second-order valence-corrected chi connectivity index (χ2v) is 8.57. The van der Waals surface area contributed by atoms with Gasteiger partial charge in [0.1, 0.15) is 23.0 Å². The van der Waals surface area contributed by atoms with E-state index in [1.807, 2.05) is 43.3 Å². The van der Waals surface area contributed by atoms with E-state index in [4.69, 9.17) is 14.2 Å². The van der Waals surface area contributed by atoms with Gasteiger partial charge in [-0.3, -0.25) is 9.59 Å². The minimum Gasteiger partial charge on any atom is -0.507 e. The highest BCUT2D eigenvalue weighted by atomic mass is 16.5. The number of nitrogens with zero attached hydrogens (tertiary/aromatic N) is 1. The number of aryl methyl sites for hydroxylation is 1. The zero-order valence-electron chi connectivity index (χ0n) is 20.8. The minimum absolute atomic E-state index is 0.0203. The fourth-order valence-corrected chi connectivity index (χ4v) is 4.46. The highest BCUT2D eigenvalue weighted by molar-refractivity contribution is 6.46. The predicted octanol–water partition coefficient (Wildman–Crippen LogP) is 4.69. The Bertz CT molecular complexity index is 1310. The number of benzene rings is 3. The summed E-state index contributed by atoms with van der Waals surface area (Å²) in [4.78, 5) is 28.1. The van der Waals surface area contributed by atoms with Gasteiger partial charge >= 0.3 is 0 Å². The third-order valence-electron chi connectivity index (χ3n) is 6.36. The van der Waals surface area contributed by atoms with Crippen molar-refractivity contribution in [1.82, 2.24) is 4.90 Å². The van der Waals surface area contributed by atoms with Crippen LogP contribution in [0, 0.1) is 6.92 Å². The highest BCUT2D eigenvalue weighted by Crippen LogP contribution is 2.41. The lowest BCUT2D eigenvalue weighted by Gasteiger charge is -2.26. The van der Waals surface area contributed by atoms with Crippen LogP contribution in [0.2, 0.25) is 0 Å². The standard InChI is InChI=1S/C29H29NO6/c1-18-8-13-24(36-4)23(16-18)27(31)25-26(20-6-5-7-22(17-20)35-3)30(29(33)28(25)32)15-14-19-9-11-21(34-2)12-10-19/h5-13,16-17,26,31H,14-15H2,1-4H3/b27-25+. The van der Waals surface area contributed by atoms with E-state index in [0.717, 1.165) is 16.9 Å². The quantitative estimate of drug-likeness (QED) is 0.282. The first-order valence-corrected chi connectivity index (χ1v) is 11.6. The topological polar surface area (TPSA) is 85.3 Å². The van der Waals surface area contributed by atoms with Crippen LogP contribution in [0.3, 0.4) is 0 Å². The molecule has 0 radical (unpaired) electrons. The maximum absolute atomic E-state index is 13.4. The molecule has 186 valence electrons. The Balaban J connectivity index is 1.81. The predicted molar refractivity (Wildman–Crippen MR) is 136 cm³/mol. The number of rotatable bonds is 8. The summed E-state index contributed by atoms with van der Waals surface area (Å²) in [7, 11) is 4.65. The summed E-state index contributed by atoms with van der Waals surface area (Å²) in [6.45, 7) is 2.16. The molecule has 0 aliphatic carbocycles. The van der Waals surface area contributed by atoms with Crippen LogP contribution in [0.15, 0.2) is 72.3 Å². The summed E-state index contributed by atoms with van der Waals surface area (Å²) in [6.07, 6.45) is 0.519. The Morgan fingerprint density at radius 3 is 2.28 bits per heavy atom. The van der Waals surface area contributed by atoms with Crippen molar-refractivity contribution >= 4 is 17.4 Å². The van der Waals surface area contributed by atoms with Gasteiger partial charge in [-0.05, 0) is 60.9 Å². The van der Waals surface area contributed by atoms with Gasteiger partial charge in [-0.25, -0.2) is 0 Å². The number of aliphatic hydroxyl groups excluding tert-OH is 1. The van der Waals surface area contributed by atoms with Gasteiger partial charge in [-0.15, -0.1) is 0 Å². The van der Waals surface area contributed by atoms with Gasteiger partial charge in [0.15, 0.2) is 0 Å². The van der Waals surface area contributed by atoms with E-state index < -0.39 is 17.7 Å². The van der Waals surface area contributed by atoms with Crippen LogP contribution in [-0.2, 0) is 16.0 Å². The molecule has 7 nitrogen and oxygen atoms in total. The van der Waals surface area contributed by atoms with Crippen molar-refractivity contribution < 1.29 is 28.9 Å². The molecular formula is C29H29NO6. The lowest BCUT2D eigenvalue weighted by atomic mass is 9.94. The first-order chi connectivity index (χ1) is 17.4. The second kappa shape index (κ2) is 10.6. The molecule has 0 spiro atoms. The van der Waals surface area contributed by atoms with Crippen LogP contribution in [0.25, 0.3) is 5.76 Å². The number of carbonyl (C=O) groups excluding carboxylic acids is 2. The molecule has 0 aromatic heterocycles. The summed E-state index contributed by atoms with van der Waals surface area (Å²) < 4.78 is 16.0.